The second-order valence-electron chi connectivity index (χ2n) is 6.87. The minimum atomic E-state index is -0.263. The largest absolute Gasteiger partial charge is 0.368 e. The molecule has 8 heteroatoms. The van der Waals surface area contributed by atoms with Gasteiger partial charge in [0.2, 0.25) is 0 Å². The fraction of sp³-hybridized carbons (Fsp3) is 0.190. The van der Waals surface area contributed by atoms with Crippen LogP contribution in [0.15, 0.2) is 54.9 Å². The number of aromatic nitrogens is 3. The lowest BCUT2D eigenvalue weighted by atomic mass is 10.1. The van der Waals surface area contributed by atoms with Crippen LogP contribution in [0.25, 0.3) is 21.5 Å². The first-order chi connectivity index (χ1) is 14.2. The van der Waals surface area contributed by atoms with Crippen LogP contribution in [0, 0.1) is 5.82 Å². The summed E-state index contributed by atoms with van der Waals surface area (Å²) in [5.74, 6) is 0.646. The standard InChI is InChI=1S/C21H17ClFN5S/c22-15-2-1-3-17(12-15)27-8-10-28(11-9-27)21-20-19(24-13-25-21)18(26-29-20)14-4-6-16(23)7-5-14/h1-7,12-13H,8-11H2. The van der Waals surface area contributed by atoms with Gasteiger partial charge in [0.1, 0.15) is 28.1 Å². The Morgan fingerprint density at radius 2 is 1.69 bits per heavy atom. The number of anilines is 2. The molecule has 0 spiro atoms. The molecule has 1 aliphatic rings. The average Bonchev–Trinajstić information content (AvgIpc) is 3.19. The van der Waals surface area contributed by atoms with Crippen molar-refractivity contribution in [3.05, 3.63) is 65.7 Å². The van der Waals surface area contributed by atoms with E-state index >= 15 is 0 Å². The summed E-state index contributed by atoms with van der Waals surface area (Å²) >= 11 is 7.53. The number of halogens is 2. The SMILES string of the molecule is Fc1ccc(-c2nsc3c(N4CCN(c5cccc(Cl)c5)CC4)ncnc23)cc1. The molecule has 4 aromatic rings. The number of hydrogen-bond acceptors (Lipinski definition) is 6. The van der Waals surface area contributed by atoms with Crippen LogP contribution in [-0.2, 0) is 0 Å². The lowest BCUT2D eigenvalue weighted by Crippen LogP contribution is -2.46. The third-order valence-corrected chi connectivity index (χ3v) is 6.18. The van der Waals surface area contributed by atoms with E-state index in [1.54, 1.807) is 18.5 Å². The van der Waals surface area contributed by atoms with E-state index in [0.29, 0.717) is 0 Å². The van der Waals surface area contributed by atoms with Gasteiger partial charge in [0.15, 0.2) is 5.82 Å². The first-order valence-corrected chi connectivity index (χ1v) is 10.5. The topological polar surface area (TPSA) is 45.2 Å². The fourth-order valence-corrected chi connectivity index (χ4v) is 4.68. The van der Waals surface area contributed by atoms with Crippen LogP contribution in [0.2, 0.25) is 5.02 Å². The van der Waals surface area contributed by atoms with Crippen molar-refractivity contribution in [1.82, 2.24) is 14.3 Å². The van der Waals surface area contributed by atoms with Crippen molar-refractivity contribution in [1.29, 1.82) is 0 Å². The predicted molar refractivity (Wildman–Crippen MR) is 116 cm³/mol. The summed E-state index contributed by atoms with van der Waals surface area (Å²) in [4.78, 5) is 13.6. The second kappa shape index (κ2) is 7.57. The van der Waals surface area contributed by atoms with Gasteiger partial charge in [-0.1, -0.05) is 17.7 Å². The molecule has 0 radical (unpaired) electrons. The van der Waals surface area contributed by atoms with Crippen LogP contribution in [0.5, 0.6) is 0 Å². The van der Waals surface area contributed by atoms with Crippen molar-refractivity contribution in [3.63, 3.8) is 0 Å². The van der Waals surface area contributed by atoms with Crippen molar-refractivity contribution in [2.24, 2.45) is 0 Å². The van der Waals surface area contributed by atoms with Crippen molar-refractivity contribution in [2.45, 2.75) is 0 Å². The molecule has 0 bridgehead atoms. The molecule has 0 aliphatic carbocycles. The molecule has 5 nitrogen and oxygen atoms in total. The Balaban J connectivity index is 1.41. The first kappa shape index (κ1) is 18.3. The third-order valence-electron chi connectivity index (χ3n) is 5.11. The Morgan fingerprint density at radius 3 is 2.45 bits per heavy atom. The number of nitrogens with zero attached hydrogens (tertiary/aromatic N) is 5. The maximum absolute atomic E-state index is 13.3. The van der Waals surface area contributed by atoms with Gasteiger partial charge in [-0.2, -0.15) is 4.37 Å². The molecule has 0 atom stereocenters. The zero-order valence-electron chi connectivity index (χ0n) is 15.4. The van der Waals surface area contributed by atoms with Crippen LogP contribution in [0.3, 0.4) is 0 Å². The Morgan fingerprint density at radius 1 is 0.931 bits per heavy atom. The Kier molecular flexibility index (Phi) is 4.77. The van der Waals surface area contributed by atoms with E-state index in [-0.39, 0.29) is 5.82 Å². The van der Waals surface area contributed by atoms with Gasteiger partial charge >= 0.3 is 0 Å². The quantitative estimate of drug-likeness (QED) is 0.468. The Hall–Kier alpha value is -2.77. The summed E-state index contributed by atoms with van der Waals surface area (Å²) in [5.41, 5.74) is 3.57. The molecule has 1 saturated heterocycles. The van der Waals surface area contributed by atoms with Gasteiger partial charge in [0.05, 0.1) is 0 Å². The van der Waals surface area contributed by atoms with E-state index in [1.165, 1.54) is 23.7 Å². The van der Waals surface area contributed by atoms with Crippen LogP contribution in [-0.4, -0.2) is 40.5 Å². The van der Waals surface area contributed by atoms with Crippen LogP contribution in [0.1, 0.15) is 0 Å². The summed E-state index contributed by atoms with van der Waals surface area (Å²) in [6.45, 7) is 3.47. The Labute approximate surface area is 176 Å². The minimum absolute atomic E-state index is 0.263. The molecule has 29 heavy (non-hydrogen) atoms. The normalized spacial score (nSPS) is 14.6. The van der Waals surface area contributed by atoms with Gasteiger partial charge in [0, 0.05) is 42.5 Å². The van der Waals surface area contributed by atoms with E-state index in [4.69, 9.17) is 11.6 Å². The second-order valence-corrected chi connectivity index (χ2v) is 8.08. The van der Waals surface area contributed by atoms with Crippen molar-refractivity contribution in [3.8, 4) is 11.3 Å². The highest BCUT2D eigenvalue weighted by atomic mass is 35.5. The lowest BCUT2D eigenvalue weighted by molar-refractivity contribution is 0.628. The molecule has 146 valence electrons. The molecule has 0 amide bonds. The predicted octanol–water partition coefficient (Wildman–Crippen LogP) is 4.87. The third kappa shape index (κ3) is 3.52. The fourth-order valence-electron chi connectivity index (χ4n) is 3.62. The van der Waals surface area contributed by atoms with E-state index in [2.05, 4.69) is 30.2 Å². The van der Waals surface area contributed by atoms with Gasteiger partial charge in [-0.15, -0.1) is 0 Å². The van der Waals surface area contributed by atoms with Gasteiger partial charge < -0.3 is 9.80 Å². The lowest BCUT2D eigenvalue weighted by Gasteiger charge is -2.36. The Bertz CT molecular complexity index is 1160. The van der Waals surface area contributed by atoms with E-state index in [0.717, 1.165) is 64.2 Å². The molecule has 1 fully saturated rings. The van der Waals surface area contributed by atoms with Crippen molar-refractivity contribution < 1.29 is 4.39 Å². The zero-order chi connectivity index (χ0) is 19.8. The minimum Gasteiger partial charge on any atom is -0.368 e. The molecule has 0 saturated carbocycles. The molecule has 3 heterocycles. The molecular formula is C21H17ClFN5S. The van der Waals surface area contributed by atoms with Crippen molar-refractivity contribution in [2.75, 3.05) is 36.0 Å². The van der Waals surface area contributed by atoms with E-state index < -0.39 is 0 Å². The van der Waals surface area contributed by atoms with Gasteiger partial charge in [-0.3, -0.25) is 0 Å². The number of benzene rings is 2. The van der Waals surface area contributed by atoms with E-state index in [1.807, 2.05) is 18.2 Å². The summed E-state index contributed by atoms with van der Waals surface area (Å²) in [5, 5.41) is 0.750. The van der Waals surface area contributed by atoms with Crippen LogP contribution >= 0.6 is 23.1 Å². The van der Waals surface area contributed by atoms with Crippen molar-refractivity contribution >= 4 is 44.9 Å². The highest BCUT2D eigenvalue weighted by molar-refractivity contribution is 7.14. The highest BCUT2D eigenvalue weighted by Crippen LogP contribution is 2.34. The van der Waals surface area contributed by atoms with Gasteiger partial charge in [0.25, 0.3) is 0 Å². The highest BCUT2D eigenvalue weighted by Gasteiger charge is 2.22. The molecule has 1 aliphatic heterocycles. The number of rotatable bonds is 3. The average molecular weight is 426 g/mol. The van der Waals surface area contributed by atoms with Crippen LogP contribution in [0.4, 0.5) is 15.9 Å². The zero-order valence-corrected chi connectivity index (χ0v) is 17.0. The smallest absolute Gasteiger partial charge is 0.151 e. The summed E-state index contributed by atoms with van der Waals surface area (Å²) in [6.07, 6.45) is 1.59. The summed E-state index contributed by atoms with van der Waals surface area (Å²) in [7, 11) is 0. The maximum Gasteiger partial charge on any atom is 0.151 e. The van der Waals surface area contributed by atoms with E-state index in [9.17, 15) is 4.39 Å². The molecular weight excluding hydrogens is 409 g/mol. The molecule has 0 unspecified atom stereocenters. The molecule has 0 N–H and O–H groups in total. The monoisotopic (exact) mass is 425 g/mol. The first-order valence-electron chi connectivity index (χ1n) is 9.31. The summed E-state index contributed by atoms with van der Waals surface area (Å²) < 4.78 is 18.8. The van der Waals surface area contributed by atoms with Gasteiger partial charge in [-0.25, -0.2) is 14.4 Å². The number of fused-ring (bicyclic) bond motifs is 1. The maximum atomic E-state index is 13.3. The number of piperazine rings is 1. The molecule has 2 aromatic heterocycles. The molecule has 5 rings (SSSR count). The van der Waals surface area contributed by atoms with Crippen LogP contribution < -0.4 is 9.80 Å². The molecule has 2 aromatic carbocycles. The summed E-state index contributed by atoms with van der Waals surface area (Å²) in [6, 6.07) is 14.3. The number of hydrogen-bond donors (Lipinski definition) is 0. The van der Waals surface area contributed by atoms with Gasteiger partial charge in [-0.05, 0) is 54.0 Å².